The molecule has 0 radical (unpaired) electrons. The van der Waals surface area contributed by atoms with Gasteiger partial charge in [-0.1, -0.05) is 0 Å². The van der Waals surface area contributed by atoms with Crippen LogP contribution < -0.4 is 5.32 Å². The van der Waals surface area contributed by atoms with Gasteiger partial charge in [0.1, 0.15) is 6.29 Å². The fourth-order valence-corrected chi connectivity index (χ4v) is 1.69. The number of hydrogen-bond donors (Lipinski definition) is 1. The van der Waals surface area contributed by atoms with Crippen LogP contribution in [0, 0.1) is 0 Å². The molecule has 11 heavy (non-hydrogen) atoms. The van der Waals surface area contributed by atoms with Gasteiger partial charge in [-0.2, -0.15) is 0 Å². The predicted octanol–water partition coefficient (Wildman–Crippen LogP) is -0.132. The highest BCUT2D eigenvalue weighted by Crippen LogP contribution is 2.01. The van der Waals surface area contributed by atoms with Crippen molar-refractivity contribution < 1.29 is 4.79 Å². The van der Waals surface area contributed by atoms with E-state index >= 15 is 0 Å². The van der Waals surface area contributed by atoms with Gasteiger partial charge in [0.05, 0.1) is 6.54 Å². The van der Waals surface area contributed by atoms with Crippen molar-refractivity contribution in [2.24, 2.45) is 0 Å². The van der Waals surface area contributed by atoms with Crippen LogP contribution in [0.5, 0.6) is 0 Å². The van der Waals surface area contributed by atoms with Crippen molar-refractivity contribution >= 4 is 6.29 Å². The maximum Gasteiger partial charge on any atom is 0.133 e. The van der Waals surface area contributed by atoms with Crippen molar-refractivity contribution in [2.45, 2.75) is 25.9 Å². The minimum atomic E-state index is 0.513. The summed E-state index contributed by atoms with van der Waals surface area (Å²) >= 11 is 0. The van der Waals surface area contributed by atoms with Crippen LogP contribution in [-0.2, 0) is 4.79 Å². The number of aldehydes is 1. The van der Waals surface area contributed by atoms with E-state index in [0.29, 0.717) is 18.6 Å². The first-order valence-corrected chi connectivity index (χ1v) is 4.14. The van der Waals surface area contributed by atoms with Gasteiger partial charge in [0, 0.05) is 25.2 Å². The first-order valence-electron chi connectivity index (χ1n) is 4.14. The number of rotatable bonds is 2. The molecule has 1 fully saturated rings. The van der Waals surface area contributed by atoms with Crippen LogP contribution in [0.3, 0.4) is 0 Å². The summed E-state index contributed by atoms with van der Waals surface area (Å²) in [6.07, 6.45) is 0.977. The molecule has 0 spiro atoms. The first kappa shape index (κ1) is 8.68. The standard InChI is InChI=1S/C8H16N2O/c1-7-5-10(3-4-11)6-8(2)9-7/h4,7-9H,3,5-6H2,1-2H3/t7-,8+. The molecule has 3 heteroatoms. The number of carbonyl (C=O) groups excluding carboxylic acids is 1. The fraction of sp³-hybridized carbons (Fsp3) is 0.875. The number of nitrogens with one attached hydrogen (secondary N) is 1. The Morgan fingerprint density at radius 2 is 2.00 bits per heavy atom. The second-order valence-electron chi connectivity index (χ2n) is 3.35. The summed E-state index contributed by atoms with van der Waals surface area (Å²) in [5.74, 6) is 0. The molecule has 1 saturated heterocycles. The number of carbonyl (C=O) groups is 1. The topological polar surface area (TPSA) is 32.3 Å². The van der Waals surface area contributed by atoms with Crippen molar-refractivity contribution in [2.75, 3.05) is 19.6 Å². The van der Waals surface area contributed by atoms with Gasteiger partial charge >= 0.3 is 0 Å². The molecule has 1 aliphatic rings. The first-order chi connectivity index (χ1) is 5.22. The number of hydrogen-bond acceptors (Lipinski definition) is 3. The van der Waals surface area contributed by atoms with Gasteiger partial charge in [0.25, 0.3) is 0 Å². The summed E-state index contributed by atoms with van der Waals surface area (Å²) in [5.41, 5.74) is 0. The molecule has 3 nitrogen and oxygen atoms in total. The minimum absolute atomic E-state index is 0.513. The molecule has 0 amide bonds. The molecule has 1 aliphatic heterocycles. The molecule has 1 rings (SSSR count). The van der Waals surface area contributed by atoms with Gasteiger partial charge in [-0.15, -0.1) is 0 Å². The summed E-state index contributed by atoms with van der Waals surface area (Å²) in [6, 6.07) is 1.03. The average Bonchev–Trinajstić information content (AvgIpc) is 1.85. The second-order valence-corrected chi connectivity index (χ2v) is 3.35. The SMILES string of the molecule is C[C@@H]1CN(CC=O)C[C@H](C)N1. The van der Waals surface area contributed by atoms with Crippen LogP contribution in [0.25, 0.3) is 0 Å². The highest BCUT2D eigenvalue weighted by Gasteiger charge is 2.19. The highest BCUT2D eigenvalue weighted by atomic mass is 16.1. The van der Waals surface area contributed by atoms with Crippen molar-refractivity contribution in [3.63, 3.8) is 0 Å². The van der Waals surface area contributed by atoms with Gasteiger partial charge < -0.3 is 10.1 Å². The Balaban J connectivity index is 2.36. The Bertz CT molecular complexity index is 128. The third kappa shape index (κ3) is 2.60. The highest BCUT2D eigenvalue weighted by molar-refractivity contribution is 5.52. The zero-order valence-corrected chi connectivity index (χ0v) is 7.21. The second kappa shape index (κ2) is 3.83. The molecule has 0 aliphatic carbocycles. The lowest BCUT2D eigenvalue weighted by Gasteiger charge is -2.34. The zero-order chi connectivity index (χ0) is 8.27. The quantitative estimate of drug-likeness (QED) is 0.565. The summed E-state index contributed by atoms with van der Waals surface area (Å²) in [7, 11) is 0. The van der Waals surface area contributed by atoms with Crippen LogP contribution >= 0.6 is 0 Å². The normalized spacial score (nSPS) is 33.6. The lowest BCUT2D eigenvalue weighted by atomic mass is 10.1. The molecular weight excluding hydrogens is 140 g/mol. The van der Waals surface area contributed by atoms with Crippen LogP contribution in [0.2, 0.25) is 0 Å². The monoisotopic (exact) mass is 156 g/mol. The van der Waals surface area contributed by atoms with E-state index in [0.717, 1.165) is 19.4 Å². The van der Waals surface area contributed by atoms with Crippen molar-refractivity contribution in [3.05, 3.63) is 0 Å². The lowest BCUT2D eigenvalue weighted by Crippen LogP contribution is -2.54. The van der Waals surface area contributed by atoms with Crippen molar-refractivity contribution in [3.8, 4) is 0 Å². The molecular formula is C8H16N2O. The summed E-state index contributed by atoms with van der Waals surface area (Å²) in [4.78, 5) is 12.4. The lowest BCUT2D eigenvalue weighted by molar-refractivity contribution is -0.109. The van der Waals surface area contributed by atoms with E-state index in [1.54, 1.807) is 0 Å². The molecule has 1 heterocycles. The molecule has 0 aromatic heterocycles. The zero-order valence-electron chi connectivity index (χ0n) is 7.21. The Morgan fingerprint density at radius 1 is 1.45 bits per heavy atom. The molecule has 0 bridgehead atoms. The van der Waals surface area contributed by atoms with Crippen LogP contribution in [0.1, 0.15) is 13.8 Å². The van der Waals surface area contributed by atoms with Gasteiger partial charge in [0.15, 0.2) is 0 Å². The number of piperazine rings is 1. The maximum absolute atomic E-state index is 10.2. The molecule has 1 N–H and O–H groups in total. The maximum atomic E-state index is 10.2. The third-order valence-electron chi connectivity index (χ3n) is 1.97. The van der Waals surface area contributed by atoms with E-state index in [1.807, 2.05) is 0 Å². The van der Waals surface area contributed by atoms with E-state index in [9.17, 15) is 4.79 Å². The van der Waals surface area contributed by atoms with E-state index < -0.39 is 0 Å². The van der Waals surface area contributed by atoms with Crippen LogP contribution in [0.15, 0.2) is 0 Å². The van der Waals surface area contributed by atoms with E-state index in [-0.39, 0.29) is 0 Å². The molecule has 0 aromatic rings. The predicted molar refractivity (Wildman–Crippen MR) is 44.6 cm³/mol. The Kier molecular flexibility index (Phi) is 3.02. The largest absolute Gasteiger partial charge is 0.309 e. The van der Waals surface area contributed by atoms with Gasteiger partial charge in [-0.25, -0.2) is 0 Å². The van der Waals surface area contributed by atoms with Crippen LogP contribution in [-0.4, -0.2) is 42.9 Å². The van der Waals surface area contributed by atoms with Crippen molar-refractivity contribution in [1.29, 1.82) is 0 Å². The molecule has 0 unspecified atom stereocenters. The van der Waals surface area contributed by atoms with Crippen molar-refractivity contribution in [1.82, 2.24) is 10.2 Å². The molecule has 0 saturated carbocycles. The molecule has 64 valence electrons. The van der Waals surface area contributed by atoms with Crippen LogP contribution in [0.4, 0.5) is 0 Å². The average molecular weight is 156 g/mol. The Labute approximate surface area is 67.8 Å². The van der Waals surface area contributed by atoms with E-state index in [2.05, 4.69) is 24.1 Å². The minimum Gasteiger partial charge on any atom is -0.309 e. The van der Waals surface area contributed by atoms with Gasteiger partial charge in [-0.05, 0) is 13.8 Å². The fourth-order valence-electron chi connectivity index (χ4n) is 1.69. The molecule has 0 aromatic carbocycles. The summed E-state index contributed by atoms with van der Waals surface area (Å²) < 4.78 is 0. The number of nitrogens with zero attached hydrogens (tertiary/aromatic N) is 1. The smallest absolute Gasteiger partial charge is 0.133 e. The van der Waals surface area contributed by atoms with Gasteiger partial charge in [-0.3, -0.25) is 4.90 Å². The Morgan fingerprint density at radius 3 is 2.45 bits per heavy atom. The van der Waals surface area contributed by atoms with E-state index in [4.69, 9.17) is 0 Å². The van der Waals surface area contributed by atoms with Gasteiger partial charge in [0.2, 0.25) is 0 Å². The molecule has 2 atom stereocenters. The van der Waals surface area contributed by atoms with E-state index in [1.165, 1.54) is 0 Å². The Hall–Kier alpha value is -0.410. The summed E-state index contributed by atoms with van der Waals surface area (Å²) in [6.45, 7) is 6.85. The summed E-state index contributed by atoms with van der Waals surface area (Å²) in [5, 5.41) is 3.41. The third-order valence-corrected chi connectivity index (χ3v) is 1.97.